The minimum Gasteiger partial charge on any atom is -0.389 e. The summed E-state index contributed by atoms with van der Waals surface area (Å²) in [6.45, 7) is 2.41. The zero-order chi connectivity index (χ0) is 19.6. The van der Waals surface area contributed by atoms with Gasteiger partial charge in [0, 0.05) is 23.4 Å². The molecule has 1 aliphatic carbocycles. The molecular weight excluding hydrogens is 380 g/mol. The summed E-state index contributed by atoms with van der Waals surface area (Å²) in [6.07, 6.45) is 2.28. The fourth-order valence-electron chi connectivity index (χ4n) is 4.09. The Morgan fingerprint density at radius 2 is 2.07 bits per heavy atom. The molecule has 3 heterocycles. The van der Waals surface area contributed by atoms with Crippen molar-refractivity contribution in [3.8, 4) is 11.3 Å². The van der Waals surface area contributed by atoms with Crippen LogP contribution in [-0.2, 0) is 22.7 Å². The molecule has 3 aliphatic rings. The number of aliphatic hydroxyl groups is 1. The van der Waals surface area contributed by atoms with Gasteiger partial charge in [-0.25, -0.2) is 18.4 Å². The zero-order valence-electron chi connectivity index (χ0n) is 15.3. The van der Waals surface area contributed by atoms with E-state index in [1.807, 2.05) is 11.8 Å². The minimum absolute atomic E-state index is 0.0494. The Hall–Kier alpha value is -2.52. The SMILES string of the molecule is C[C@H]1[C@H](O)CN1c1nc2c(c(-c3ccc4c(c3)S(=O)(=O)CNC4=O)n1)CCC2. The first kappa shape index (κ1) is 17.6. The highest BCUT2D eigenvalue weighted by Crippen LogP contribution is 2.35. The van der Waals surface area contributed by atoms with E-state index in [0.29, 0.717) is 18.1 Å². The lowest BCUT2D eigenvalue weighted by molar-refractivity contribution is 0.0953. The molecule has 1 saturated heterocycles. The maximum Gasteiger partial charge on any atom is 0.253 e. The van der Waals surface area contributed by atoms with Crippen LogP contribution in [-0.4, -0.2) is 54.0 Å². The molecule has 146 valence electrons. The van der Waals surface area contributed by atoms with Crippen LogP contribution in [0.4, 0.5) is 5.95 Å². The van der Waals surface area contributed by atoms with E-state index in [-0.39, 0.29) is 22.4 Å². The van der Waals surface area contributed by atoms with Gasteiger partial charge in [-0.05, 0) is 38.3 Å². The van der Waals surface area contributed by atoms with E-state index in [4.69, 9.17) is 9.97 Å². The van der Waals surface area contributed by atoms with E-state index in [1.54, 1.807) is 18.2 Å². The Morgan fingerprint density at radius 1 is 1.25 bits per heavy atom. The number of carbonyl (C=O) groups is 1. The second-order valence-corrected chi connectivity index (χ2v) is 9.55. The van der Waals surface area contributed by atoms with Crippen molar-refractivity contribution in [2.24, 2.45) is 0 Å². The van der Waals surface area contributed by atoms with E-state index in [9.17, 15) is 18.3 Å². The number of nitrogens with zero attached hydrogens (tertiary/aromatic N) is 3. The molecule has 9 heteroatoms. The number of benzene rings is 1. The van der Waals surface area contributed by atoms with Crippen LogP contribution in [0.5, 0.6) is 0 Å². The Kier molecular flexibility index (Phi) is 3.76. The molecule has 1 aromatic heterocycles. The monoisotopic (exact) mass is 400 g/mol. The first-order valence-electron chi connectivity index (χ1n) is 9.35. The van der Waals surface area contributed by atoms with Crippen molar-refractivity contribution in [2.75, 3.05) is 17.3 Å². The maximum absolute atomic E-state index is 12.5. The predicted molar refractivity (Wildman–Crippen MR) is 102 cm³/mol. The Balaban J connectivity index is 1.66. The highest BCUT2D eigenvalue weighted by molar-refractivity contribution is 7.91. The number of aryl methyl sites for hydroxylation is 1. The summed E-state index contributed by atoms with van der Waals surface area (Å²) in [5.41, 5.74) is 3.57. The van der Waals surface area contributed by atoms with E-state index >= 15 is 0 Å². The normalized spacial score (nSPS) is 24.9. The van der Waals surface area contributed by atoms with Crippen molar-refractivity contribution in [3.05, 3.63) is 35.0 Å². The number of aliphatic hydroxyl groups excluding tert-OH is 1. The summed E-state index contributed by atoms with van der Waals surface area (Å²) in [4.78, 5) is 23.5. The lowest BCUT2D eigenvalue weighted by Crippen LogP contribution is -2.59. The van der Waals surface area contributed by atoms with Crippen LogP contribution < -0.4 is 10.2 Å². The lowest BCUT2D eigenvalue weighted by atomic mass is 10.0. The average molecular weight is 400 g/mol. The molecule has 5 rings (SSSR count). The third-order valence-electron chi connectivity index (χ3n) is 5.87. The number of nitrogens with one attached hydrogen (secondary N) is 1. The molecule has 2 N–H and O–H groups in total. The number of fused-ring (bicyclic) bond motifs is 2. The molecule has 0 saturated carbocycles. The molecule has 0 spiro atoms. The topological polar surface area (TPSA) is 112 Å². The molecular formula is C19H20N4O4S. The number of amides is 1. The molecule has 0 bridgehead atoms. The number of carbonyl (C=O) groups excluding carboxylic acids is 1. The summed E-state index contributed by atoms with van der Waals surface area (Å²) in [7, 11) is -3.57. The molecule has 2 aromatic rings. The molecule has 1 aromatic carbocycles. The van der Waals surface area contributed by atoms with Gasteiger partial charge >= 0.3 is 0 Å². The summed E-state index contributed by atoms with van der Waals surface area (Å²) >= 11 is 0. The van der Waals surface area contributed by atoms with Gasteiger partial charge in [0.15, 0.2) is 9.84 Å². The summed E-state index contributed by atoms with van der Waals surface area (Å²) < 4.78 is 24.9. The molecule has 8 nitrogen and oxygen atoms in total. The average Bonchev–Trinajstić information content (AvgIpc) is 3.16. The van der Waals surface area contributed by atoms with Crippen LogP contribution in [0.25, 0.3) is 11.3 Å². The Morgan fingerprint density at radius 3 is 2.82 bits per heavy atom. The number of rotatable bonds is 2. The third kappa shape index (κ3) is 2.53. The predicted octanol–water partition coefficient (Wildman–Crippen LogP) is 0.676. The van der Waals surface area contributed by atoms with E-state index in [0.717, 1.165) is 36.2 Å². The van der Waals surface area contributed by atoms with Gasteiger partial charge in [-0.2, -0.15) is 0 Å². The summed E-state index contributed by atoms with van der Waals surface area (Å²) in [6, 6.07) is 4.80. The fraction of sp³-hybridized carbons (Fsp3) is 0.421. The summed E-state index contributed by atoms with van der Waals surface area (Å²) in [5, 5.41) is 12.2. The number of hydrogen-bond donors (Lipinski definition) is 2. The molecule has 2 aliphatic heterocycles. The highest BCUT2D eigenvalue weighted by atomic mass is 32.2. The van der Waals surface area contributed by atoms with Gasteiger partial charge in [0.25, 0.3) is 5.91 Å². The number of anilines is 1. The van der Waals surface area contributed by atoms with Gasteiger partial charge in [-0.1, -0.05) is 6.07 Å². The largest absolute Gasteiger partial charge is 0.389 e. The quantitative estimate of drug-likeness (QED) is 0.762. The molecule has 0 unspecified atom stereocenters. The first-order chi connectivity index (χ1) is 13.3. The molecule has 28 heavy (non-hydrogen) atoms. The van der Waals surface area contributed by atoms with Gasteiger partial charge in [0.1, 0.15) is 5.88 Å². The van der Waals surface area contributed by atoms with Gasteiger partial charge < -0.3 is 15.3 Å². The number of β-amino-alcohol motifs (C(OH)–C–C–N with tert-alkyl or cyclic N) is 1. The molecule has 1 fully saturated rings. The van der Waals surface area contributed by atoms with Crippen molar-refractivity contribution >= 4 is 21.7 Å². The van der Waals surface area contributed by atoms with Crippen LogP contribution in [0.15, 0.2) is 23.1 Å². The second-order valence-electron chi connectivity index (χ2n) is 7.59. The van der Waals surface area contributed by atoms with Crippen molar-refractivity contribution in [1.29, 1.82) is 0 Å². The van der Waals surface area contributed by atoms with Gasteiger partial charge in [-0.3, -0.25) is 4.79 Å². The molecule has 0 radical (unpaired) electrons. The summed E-state index contributed by atoms with van der Waals surface area (Å²) in [5.74, 6) is -0.210. The molecule has 2 atom stereocenters. The maximum atomic E-state index is 12.5. The lowest BCUT2D eigenvalue weighted by Gasteiger charge is -2.43. The van der Waals surface area contributed by atoms with Crippen molar-refractivity contribution in [2.45, 2.75) is 43.2 Å². The number of hydrogen-bond acceptors (Lipinski definition) is 7. The van der Waals surface area contributed by atoms with E-state index in [2.05, 4.69) is 5.32 Å². The molecule has 1 amide bonds. The van der Waals surface area contributed by atoms with Crippen LogP contribution >= 0.6 is 0 Å². The first-order valence-corrected chi connectivity index (χ1v) is 11.0. The van der Waals surface area contributed by atoms with Crippen LogP contribution in [0.3, 0.4) is 0 Å². The van der Waals surface area contributed by atoms with Gasteiger partial charge in [0.05, 0.1) is 28.3 Å². The zero-order valence-corrected chi connectivity index (χ0v) is 16.2. The van der Waals surface area contributed by atoms with Crippen molar-refractivity contribution in [3.63, 3.8) is 0 Å². The van der Waals surface area contributed by atoms with E-state index in [1.165, 1.54) is 0 Å². The highest BCUT2D eigenvalue weighted by Gasteiger charge is 2.37. The number of aromatic nitrogens is 2. The smallest absolute Gasteiger partial charge is 0.253 e. The standard InChI is InChI=1S/C19H20N4O4S/c1-10-15(24)8-23(10)19-21-14-4-2-3-12(14)17(22-19)11-5-6-13-16(7-11)28(26,27)9-20-18(13)25/h5-7,10,15,24H,2-4,8-9H2,1H3,(H,20,25)/t10-,15+/m0/s1. The van der Waals surface area contributed by atoms with Crippen LogP contribution in [0.1, 0.15) is 35.0 Å². The van der Waals surface area contributed by atoms with Crippen molar-refractivity contribution < 1.29 is 18.3 Å². The van der Waals surface area contributed by atoms with E-state index < -0.39 is 21.8 Å². The van der Waals surface area contributed by atoms with Crippen molar-refractivity contribution in [1.82, 2.24) is 15.3 Å². The van der Waals surface area contributed by atoms with Gasteiger partial charge in [0.2, 0.25) is 5.95 Å². The third-order valence-corrected chi connectivity index (χ3v) is 7.40. The minimum atomic E-state index is -3.57. The second kappa shape index (κ2) is 5.99. The van der Waals surface area contributed by atoms with Crippen LogP contribution in [0, 0.1) is 0 Å². The van der Waals surface area contributed by atoms with Gasteiger partial charge in [-0.15, -0.1) is 0 Å². The Bertz CT molecular complexity index is 1120. The van der Waals surface area contributed by atoms with Crippen LogP contribution in [0.2, 0.25) is 0 Å². The number of sulfone groups is 1. The Labute approximate surface area is 162 Å². The fourth-order valence-corrected chi connectivity index (χ4v) is 5.37.